The number of carbonyl (C=O) groups excluding carboxylic acids is 1. The molecule has 0 saturated carbocycles. The van der Waals surface area contributed by atoms with Crippen LogP contribution in [0.3, 0.4) is 0 Å². The predicted octanol–water partition coefficient (Wildman–Crippen LogP) is 4.33. The fraction of sp³-hybridized carbons (Fsp3) is 0.391. The Kier molecular flexibility index (Phi) is 7.76. The van der Waals surface area contributed by atoms with Gasteiger partial charge < -0.3 is 5.32 Å². The molecule has 9 heteroatoms. The highest BCUT2D eigenvalue weighted by Gasteiger charge is 2.22. The number of nitro groups is 1. The van der Waals surface area contributed by atoms with E-state index in [1.165, 1.54) is 5.56 Å². The molecule has 170 valence electrons. The van der Waals surface area contributed by atoms with E-state index in [9.17, 15) is 14.9 Å². The molecule has 2 heterocycles. The molecule has 2 aromatic heterocycles. The summed E-state index contributed by atoms with van der Waals surface area (Å²) in [5.74, 6) is -0.120. The zero-order valence-electron chi connectivity index (χ0n) is 18.9. The Labute approximate surface area is 192 Å². The number of thiophene rings is 1. The van der Waals surface area contributed by atoms with E-state index in [-0.39, 0.29) is 17.6 Å². The summed E-state index contributed by atoms with van der Waals surface area (Å²) in [4.78, 5) is 25.9. The van der Waals surface area contributed by atoms with Crippen LogP contribution in [0.5, 0.6) is 0 Å². The third kappa shape index (κ3) is 5.23. The van der Waals surface area contributed by atoms with Crippen molar-refractivity contribution < 1.29 is 9.72 Å². The quantitative estimate of drug-likeness (QED) is 0.363. The highest BCUT2D eigenvalue weighted by molar-refractivity contribution is 7.08. The first kappa shape index (κ1) is 23.6. The Hall–Kier alpha value is -3.04. The van der Waals surface area contributed by atoms with Crippen LogP contribution >= 0.6 is 11.3 Å². The first-order valence-electron chi connectivity index (χ1n) is 10.7. The van der Waals surface area contributed by atoms with Crippen molar-refractivity contribution >= 4 is 22.9 Å². The SMILES string of the molecule is CCN(CC)C(CNC(=O)c1ccc(Cn2nc(C)c([N+](=O)[O-])c2C)cc1)c1ccsc1. The van der Waals surface area contributed by atoms with Crippen molar-refractivity contribution in [3.05, 3.63) is 79.3 Å². The van der Waals surface area contributed by atoms with E-state index in [2.05, 4.69) is 46.0 Å². The summed E-state index contributed by atoms with van der Waals surface area (Å²) < 4.78 is 1.62. The minimum Gasteiger partial charge on any atom is -0.350 e. The number of hydrogen-bond acceptors (Lipinski definition) is 6. The molecule has 1 amide bonds. The summed E-state index contributed by atoms with van der Waals surface area (Å²) >= 11 is 1.66. The number of benzene rings is 1. The molecule has 32 heavy (non-hydrogen) atoms. The summed E-state index contributed by atoms with van der Waals surface area (Å²) in [6.45, 7) is 10.3. The van der Waals surface area contributed by atoms with E-state index in [0.717, 1.165) is 18.7 Å². The number of nitrogens with zero attached hydrogens (tertiary/aromatic N) is 4. The first-order chi connectivity index (χ1) is 15.3. The minimum atomic E-state index is -0.400. The van der Waals surface area contributed by atoms with Gasteiger partial charge in [-0.2, -0.15) is 16.4 Å². The molecule has 0 fully saturated rings. The minimum absolute atomic E-state index is 0.0503. The molecule has 1 aromatic carbocycles. The van der Waals surface area contributed by atoms with E-state index >= 15 is 0 Å². The molecule has 0 bridgehead atoms. The van der Waals surface area contributed by atoms with Crippen molar-refractivity contribution in [2.24, 2.45) is 0 Å². The fourth-order valence-electron chi connectivity index (χ4n) is 3.92. The van der Waals surface area contributed by atoms with Gasteiger partial charge in [0.2, 0.25) is 0 Å². The third-order valence-electron chi connectivity index (χ3n) is 5.71. The molecule has 1 N–H and O–H groups in total. The number of aryl methyl sites for hydroxylation is 1. The molecule has 0 radical (unpaired) electrons. The van der Waals surface area contributed by atoms with Gasteiger partial charge in [0.05, 0.1) is 17.5 Å². The standard InChI is InChI=1S/C23H29N5O3S/c1-5-26(6-2)21(20-11-12-32-15-20)13-24-23(29)19-9-7-18(8-10-19)14-27-17(4)22(28(30)31)16(3)25-27/h7-12,15,21H,5-6,13-14H2,1-4H3,(H,24,29). The number of rotatable bonds is 10. The second kappa shape index (κ2) is 10.5. The van der Waals surface area contributed by atoms with Crippen molar-refractivity contribution in [1.82, 2.24) is 20.0 Å². The van der Waals surface area contributed by atoms with Crippen LogP contribution in [0, 0.1) is 24.0 Å². The maximum absolute atomic E-state index is 12.7. The lowest BCUT2D eigenvalue weighted by molar-refractivity contribution is -0.386. The lowest BCUT2D eigenvalue weighted by Crippen LogP contribution is -2.37. The van der Waals surface area contributed by atoms with Gasteiger partial charge in [0, 0.05) is 12.1 Å². The van der Waals surface area contributed by atoms with Crippen LogP contribution in [-0.2, 0) is 6.54 Å². The molecule has 1 unspecified atom stereocenters. The van der Waals surface area contributed by atoms with Crippen molar-refractivity contribution in [1.29, 1.82) is 0 Å². The number of nitrogens with one attached hydrogen (secondary N) is 1. The van der Waals surface area contributed by atoms with Gasteiger partial charge in [-0.1, -0.05) is 26.0 Å². The van der Waals surface area contributed by atoms with Crippen LogP contribution in [0.25, 0.3) is 0 Å². The summed E-state index contributed by atoms with van der Waals surface area (Å²) in [7, 11) is 0. The average Bonchev–Trinajstić information content (AvgIpc) is 3.39. The largest absolute Gasteiger partial charge is 0.350 e. The Bertz CT molecular complexity index is 1060. The van der Waals surface area contributed by atoms with E-state index in [4.69, 9.17) is 0 Å². The molecule has 3 aromatic rings. The van der Waals surface area contributed by atoms with Crippen LogP contribution in [0.1, 0.15) is 52.8 Å². The van der Waals surface area contributed by atoms with Gasteiger partial charge in [0.1, 0.15) is 11.4 Å². The first-order valence-corrected chi connectivity index (χ1v) is 11.6. The van der Waals surface area contributed by atoms with Gasteiger partial charge >= 0.3 is 5.69 Å². The number of aromatic nitrogens is 2. The molecule has 0 aliphatic carbocycles. The van der Waals surface area contributed by atoms with Crippen molar-refractivity contribution in [2.75, 3.05) is 19.6 Å². The van der Waals surface area contributed by atoms with Crippen LogP contribution in [0.4, 0.5) is 5.69 Å². The van der Waals surface area contributed by atoms with Gasteiger partial charge in [0.15, 0.2) is 0 Å². The molecular formula is C23H29N5O3S. The monoisotopic (exact) mass is 455 g/mol. The zero-order chi connectivity index (χ0) is 23.3. The lowest BCUT2D eigenvalue weighted by Gasteiger charge is -2.29. The van der Waals surface area contributed by atoms with Gasteiger partial charge in [-0.25, -0.2) is 0 Å². The molecule has 0 aliphatic heterocycles. The van der Waals surface area contributed by atoms with Gasteiger partial charge in [0.25, 0.3) is 5.91 Å². The second-order valence-electron chi connectivity index (χ2n) is 7.63. The van der Waals surface area contributed by atoms with E-state index < -0.39 is 4.92 Å². The Morgan fingerprint density at radius 1 is 1.22 bits per heavy atom. The zero-order valence-corrected chi connectivity index (χ0v) is 19.7. The normalized spacial score (nSPS) is 12.2. The molecular weight excluding hydrogens is 426 g/mol. The molecule has 8 nitrogen and oxygen atoms in total. The number of hydrogen-bond donors (Lipinski definition) is 1. The van der Waals surface area contributed by atoms with E-state index in [0.29, 0.717) is 30.0 Å². The number of amides is 1. The van der Waals surface area contributed by atoms with Crippen LogP contribution < -0.4 is 5.32 Å². The lowest BCUT2D eigenvalue weighted by atomic mass is 10.1. The maximum Gasteiger partial charge on any atom is 0.312 e. The molecule has 3 rings (SSSR count). The van der Waals surface area contributed by atoms with E-state index in [1.807, 2.05) is 12.1 Å². The predicted molar refractivity (Wildman–Crippen MR) is 126 cm³/mol. The highest BCUT2D eigenvalue weighted by atomic mass is 32.1. The van der Waals surface area contributed by atoms with Gasteiger partial charge in [-0.3, -0.25) is 24.5 Å². The molecule has 0 saturated heterocycles. The third-order valence-corrected chi connectivity index (χ3v) is 6.41. The summed E-state index contributed by atoms with van der Waals surface area (Å²) in [6.07, 6.45) is 0. The molecule has 0 aliphatic rings. The van der Waals surface area contributed by atoms with Crippen molar-refractivity contribution in [3.8, 4) is 0 Å². The number of likely N-dealkylation sites (N-methyl/N-ethyl adjacent to an activating group) is 1. The van der Waals surface area contributed by atoms with Crippen LogP contribution in [0.15, 0.2) is 41.1 Å². The summed E-state index contributed by atoms with van der Waals surface area (Å²) in [5, 5.41) is 22.7. The summed E-state index contributed by atoms with van der Waals surface area (Å²) in [6, 6.07) is 9.53. The molecule has 1 atom stereocenters. The number of carbonyl (C=O) groups is 1. The van der Waals surface area contributed by atoms with E-state index in [1.54, 1.807) is 42.0 Å². The second-order valence-corrected chi connectivity index (χ2v) is 8.41. The molecule has 0 spiro atoms. The van der Waals surface area contributed by atoms with Gasteiger partial charge in [-0.15, -0.1) is 0 Å². The van der Waals surface area contributed by atoms with Crippen LogP contribution in [0.2, 0.25) is 0 Å². The Morgan fingerprint density at radius 3 is 2.44 bits per heavy atom. The fourth-order valence-corrected chi connectivity index (χ4v) is 4.63. The smallest absolute Gasteiger partial charge is 0.312 e. The average molecular weight is 456 g/mol. The highest BCUT2D eigenvalue weighted by Crippen LogP contribution is 2.23. The Balaban J connectivity index is 1.66. The Morgan fingerprint density at radius 2 is 1.91 bits per heavy atom. The van der Waals surface area contributed by atoms with Crippen molar-refractivity contribution in [2.45, 2.75) is 40.3 Å². The van der Waals surface area contributed by atoms with Gasteiger partial charge in [-0.05, 0) is 67.0 Å². The maximum atomic E-state index is 12.7. The van der Waals surface area contributed by atoms with Crippen molar-refractivity contribution in [3.63, 3.8) is 0 Å². The van der Waals surface area contributed by atoms with Crippen LogP contribution in [-0.4, -0.2) is 45.1 Å². The topological polar surface area (TPSA) is 93.3 Å². The summed E-state index contributed by atoms with van der Waals surface area (Å²) in [5.41, 5.74) is 3.68.